The van der Waals surface area contributed by atoms with E-state index in [1.54, 1.807) is 6.07 Å². The largest absolute Gasteiger partial charge is 0.416 e. The van der Waals surface area contributed by atoms with E-state index in [9.17, 15) is 22.4 Å². The highest BCUT2D eigenvalue weighted by Gasteiger charge is 2.31. The maximum Gasteiger partial charge on any atom is 0.416 e. The Kier molecular flexibility index (Phi) is 5.02. The van der Waals surface area contributed by atoms with Crippen molar-refractivity contribution < 1.29 is 22.4 Å². The lowest BCUT2D eigenvalue weighted by molar-refractivity contribution is -0.137. The molecule has 0 saturated carbocycles. The summed E-state index contributed by atoms with van der Waals surface area (Å²) in [7, 11) is 0. The molecule has 5 nitrogen and oxygen atoms in total. The minimum Gasteiger partial charge on any atom is -0.321 e. The van der Waals surface area contributed by atoms with Crippen molar-refractivity contribution in [3.8, 4) is 5.69 Å². The molecule has 1 heterocycles. The molecule has 0 spiro atoms. The lowest BCUT2D eigenvalue weighted by Gasteiger charge is -2.13. The minimum absolute atomic E-state index is 0.0933. The molecule has 0 bridgehead atoms. The van der Waals surface area contributed by atoms with E-state index in [1.165, 1.54) is 47.7 Å². The van der Waals surface area contributed by atoms with E-state index >= 15 is 0 Å². The number of benzene rings is 2. The molecule has 0 aliphatic heterocycles. The molecule has 1 amide bonds. The number of nitrogens with one attached hydrogen (secondary N) is 1. The summed E-state index contributed by atoms with van der Waals surface area (Å²) in [6, 6.07) is 8.41. The van der Waals surface area contributed by atoms with Crippen LogP contribution in [0.4, 0.5) is 23.2 Å². The SMILES string of the molecule is O=C(/C=C/c1cccc(F)c1)Nc1cc(C(F)(F)F)ccc1-n1cncn1. The number of rotatable bonds is 4. The maximum atomic E-state index is 13.1. The molecule has 9 heteroatoms. The molecule has 1 aromatic heterocycles. The van der Waals surface area contributed by atoms with Crippen LogP contribution in [0.3, 0.4) is 0 Å². The van der Waals surface area contributed by atoms with Gasteiger partial charge in [0.05, 0.1) is 16.9 Å². The molecule has 0 fully saturated rings. The van der Waals surface area contributed by atoms with Crippen LogP contribution in [0.1, 0.15) is 11.1 Å². The maximum absolute atomic E-state index is 13.1. The van der Waals surface area contributed by atoms with Crippen LogP contribution < -0.4 is 5.32 Å². The van der Waals surface area contributed by atoms with Gasteiger partial charge < -0.3 is 5.32 Å². The van der Waals surface area contributed by atoms with E-state index in [4.69, 9.17) is 0 Å². The zero-order valence-corrected chi connectivity index (χ0v) is 13.6. The van der Waals surface area contributed by atoms with Crippen LogP contribution in [-0.4, -0.2) is 20.7 Å². The normalized spacial score (nSPS) is 11.7. The van der Waals surface area contributed by atoms with Crippen LogP contribution in [0.25, 0.3) is 11.8 Å². The van der Waals surface area contributed by atoms with Gasteiger partial charge in [-0.05, 0) is 42.0 Å². The number of anilines is 1. The molecule has 0 aliphatic carbocycles. The minimum atomic E-state index is -4.57. The predicted molar refractivity (Wildman–Crippen MR) is 90.4 cm³/mol. The van der Waals surface area contributed by atoms with E-state index in [-0.39, 0.29) is 11.4 Å². The highest BCUT2D eigenvalue weighted by molar-refractivity contribution is 6.03. The number of hydrogen-bond donors (Lipinski definition) is 1. The van der Waals surface area contributed by atoms with E-state index in [2.05, 4.69) is 15.4 Å². The van der Waals surface area contributed by atoms with Gasteiger partial charge in [0.2, 0.25) is 5.91 Å². The number of amides is 1. The van der Waals surface area contributed by atoms with E-state index in [1.807, 2.05) is 0 Å². The lowest BCUT2D eigenvalue weighted by atomic mass is 10.1. The van der Waals surface area contributed by atoms with Gasteiger partial charge in [0, 0.05) is 6.08 Å². The third kappa shape index (κ3) is 4.57. The van der Waals surface area contributed by atoms with Crippen molar-refractivity contribution in [2.45, 2.75) is 6.18 Å². The van der Waals surface area contributed by atoms with E-state index < -0.39 is 23.5 Å². The number of carbonyl (C=O) groups excluding carboxylic acids is 1. The summed E-state index contributed by atoms with van der Waals surface area (Å²) < 4.78 is 53.3. The first-order chi connectivity index (χ1) is 12.8. The standard InChI is InChI=1S/C18H12F4N4O/c19-14-3-1-2-12(8-14)4-7-17(27)25-15-9-13(18(20,21)22)5-6-16(15)26-11-23-10-24-26/h1-11H,(H,25,27)/b7-4+. The van der Waals surface area contributed by atoms with Gasteiger partial charge in [-0.2, -0.15) is 18.3 Å². The van der Waals surface area contributed by atoms with Crippen LogP contribution in [0.2, 0.25) is 0 Å². The van der Waals surface area contributed by atoms with Crippen molar-refractivity contribution in [2.75, 3.05) is 5.32 Å². The van der Waals surface area contributed by atoms with Crippen molar-refractivity contribution in [3.05, 3.63) is 78.1 Å². The molecular weight excluding hydrogens is 364 g/mol. The van der Waals surface area contributed by atoms with Gasteiger partial charge in [0.1, 0.15) is 18.5 Å². The second kappa shape index (κ2) is 7.40. The fourth-order valence-electron chi connectivity index (χ4n) is 2.30. The highest BCUT2D eigenvalue weighted by Crippen LogP contribution is 2.33. The van der Waals surface area contributed by atoms with Crippen molar-refractivity contribution in [3.63, 3.8) is 0 Å². The molecule has 3 rings (SSSR count). The smallest absolute Gasteiger partial charge is 0.321 e. The molecule has 3 aromatic rings. The Morgan fingerprint density at radius 1 is 1.15 bits per heavy atom. The molecule has 0 saturated heterocycles. The summed E-state index contributed by atoms with van der Waals surface area (Å²) in [5.74, 6) is -1.15. The average molecular weight is 376 g/mol. The van der Waals surface area contributed by atoms with Gasteiger partial charge in [-0.1, -0.05) is 12.1 Å². The summed E-state index contributed by atoms with van der Waals surface area (Å²) >= 11 is 0. The zero-order valence-electron chi connectivity index (χ0n) is 13.6. The monoisotopic (exact) mass is 376 g/mol. The van der Waals surface area contributed by atoms with Gasteiger partial charge in [-0.3, -0.25) is 4.79 Å². The Balaban J connectivity index is 1.88. The Bertz CT molecular complexity index is 981. The van der Waals surface area contributed by atoms with E-state index in [0.717, 1.165) is 18.2 Å². The number of halogens is 4. The number of alkyl halides is 3. The second-order valence-electron chi connectivity index (χ2n) is 5.45. The fraction of sp³-hybridized carbons (Fsp3) is 0.0556. The first kappa shape index (κ1) is 18.3. The van der Waals surface area contributed by atoms with Gasteiger partial charge in [0.25, 0.3) is 0 Å². The summed E-state index contributed by atoms with van der Waals surface area (Å²) in [4.78, 5) is 15.9. The summed E-state index contributed by atoms with van der Waals surface area (Å²) in [6.07, 6.45) is 0.382. The first-order valence-electron chi connectivity index (χ1n) is 7.64. The molecule has 2 aromatic carbocycles. The van der Waals surface area contributed by atoms with Crippen LogP contribution in [0.15, 0.2) is 61.2 Å². The van der Waals surface area contributed by atoms with Crippen LogP contribution in [0.5, 0.6) is 0 Å². The van der Waals surface area contributed by atoms with Crippen molar-refractivity contribution in [1.82, 2.24) is 14.8 Å². The topological polar surface area (TPSA) is 59.8 Å². The summed E-state index contributed by atoms with van der Waals surface area (Å²) in [5, 5.41) is 6.25. The van der Waals surface area contributed by atoms with Gasteiger partial charge >= 0.3 is 6.18 Å². The molecule has 0 radical (unpaired) electrons. The van der Waals surface area contributed by atoms with E-state index in [0.29, 0.717) is 5.56 Å². The average Bonchev–Trinajstić information content (AvgIpc) is 3.13. The van der Waals surface area contributed by atoms with Crippen LogP contribution in [0, 0.1) is 5.82 Å². The Morgan fingerprint density at radius 2 is 1.96 bits per heavy atom. The Morgan fingerprint density at radius 3 is 2.63 bits per heavy atom. The Hall–Kier alpha value is -3.49. The first-order valence-corrected chi connectivity index (χ1v) is 7.64. The summed E-state index contributed by atoms with van der Waals surface area (Å²) in [5.41, 5.74) is -0.362. The van der Waals surface area contributed by atoms with Gasteiger partial charge in [-0.15, -0.1) is 0 Å². The molecule has 138 valence electrons. The van der Waals surface area contributed by atoms with Crippen molar-refractivity contribution >= 4 is 17.7 Å². The second-order valence-corrected chi connectivity index (χ2v) is 5.45. The van der Waals surface area contributed by atoms with Gasteiger partial charge in [-0.25, -0.2) is 14.1 Å². The zero-order chi connectivity index (χ0) is 19.4. The van der Waals surface area contributed by atoms with Crippen LogP contribution >= 0.6 is 0 Å². The number of carbonyl (C=O) groups is 1. The number of aromatic nitrogens is 3. The quantitative estimate of drug-likeness (QED) is 0.551. The predicted octanol–water partition coefficient (Wildman–Crippen LogP) is 4.08. The molecule has 0 aliphatic rings. The lowest BCUT2D eigenvalue weighted by Crippen LogP contribution is -2.13. The molecule has 0 atom stereocenters. The van der Waals surface area contributed by atoms with Crippen molar-refractivity contribution in [1.29, 1.82) is 0 Å². The molecular formula is C18H12F4N4O. The number of hydrogen-bond acceptors (Lipinski definition) is 3. The molecule has 0 unspecified atom stereocenters. The van der Waals surface area contributed by atoms with Crippen molar-refractivity contribution in [2.24, 2.45) is 0 Å². The molecule has 1 N–H and O–H groups in total. The molecule has 27 heavy (non-hydrogen) atoms. The third-order valence-electron chi connectivity index (χ3n) is 3.52. The van der Waals surface area contributed by atoms with Gasteiger partial charge in [0.15, 0.2) is 0 Å². The summed E-state index contributed by atoms with van der Waals surface area (Å²) in [6.45, 7) is 0. The highest BCUT2D eigenvalue weighted by atomic mass is 19.4. The number of nitrogens with zero attached hydrogens (tertiary/aromatic N) is 3. The third-order valence-corrected chi connectivity index (χ3v) is 3.52. The fourth-order valence-corrected chi connectivity index (χ4v) is 2.30. The Labute approximate surface area is 151 Å². The van der Waals surface area contributed by atoms with Crippen LogP contribution in [-0.2, 0) is 11.0 Å².